The van der Waals surface area contributed by atoms with Gasteiger partial charge in [0.15, 0.2) is 5.41 Å². The number of hydrogen-bond donors (Lipinski definition) is 5. The number of nitrogens with one attached hydrogen (secondary N) is 1. The number of carboxylic acid groups (broad SMARTS) is 4. The number of aliphatic carboxylic acids is 4. The summed E-state index contributed by atoms with van der Waals surface area (Å²) in [5.74, 6) is -6.28. The molecule has 148 valence electrons. The second kappa shape index (κ2) is 7.22. The largest absolute Gasteiger partial charge is 0.481 e. The normalized spacial score (nSPS) is 23.7. The van der Waals surface area contributed by atoms with E-state index in [2.05, 4.69) is 5.32 Å². The highest BCUT2D eigenvalue weighted by Gasteiger charge is 2.73. The van der Waals surface area contributed by atoms with Crippen molar-refractivity contribution in [2.45, 2.75) is 53.0 Å². The van der Waals surface area contributed by atoms with Gasteiger partial charge >= 0.3 is 23.9 Å². The van der Waals surface area contributed by atoms with Crippen molar-refractivity contribution in [2.75, 3.05) is 6.54 Å². The molecule has 2 fully saturated rings. The third-order valence-corrected chi connectivity index (χ3v) is 5.96. The Morgan fingerprint density at radius 3 is 1.58 bits per heavy atom. The molecule has 0 aromatic rings. The minimum atomic E-state index is -3.02. The van der Waals surface area contributed by atoms with Crippen LogP contribution >= 0.6 is 0 Å². The average Bonchev–Trinajstić information content (AvgIpc) is 3.12. The van der Waals surface area contributed by atoms with E-state index in [4.69, 9.17) is 0 Å². The van der Waals surface area contributed by atoms with Crippen LogP contribution in [0, 0.1) is 22.2 Å². The van der Waals surface area contributed by atoms with E-state index < -0.39 is 40.1 Å². The van der Waals surface area contributed by atoms with Crippen LogP contribution in [0.4, 0.5) is 0 Å². The molecule has 9 heteroatoms. The smallest absolute Gasteiger partial charge is 0.323 e. The first-order valence-electron chi connectivity index (χ1n) is 8.47. The predicted octanol–water partition coefficient (Wildman–Crippen LogP) is 1.12. The standard InChI is InChI=1S/C12H18O8.C5H9N/c1-5-11(4,7(15)16)12(8(17)18,9(19)20)10(2,3)6(13)14;1-2-6-5-3-4(1)5/h5H2,1-4H3,(H,13,14)(H,15,16)(H,17,18)(H,19,20);4-6H,1-3H2. The summed E-state index contributed by atoms with van der Waals surface area (Å²) in [5, 5.41) is 40.7. The molecule has 26 heavy (non-hydrogen) atoms. The maximum Gasteiger partial charge on any atom is 0.323 e. The molecule has 2 rings (SSSR count). The highest BCUT2D eigenvalue weighted by atomic mass is 16.4. The van der Waals surface area contributed by atoms with Crippen molar-refractivity contribution in [2.24, 2.45) is 22.2 Å². The fourth-order valence-corrected chi connectivity index (χ4v) is 3.80. The van der Waals surface area contributed by atoms with Crippen molar-refractivity contribution in [3.63, 3.8) is 0 Å². The third kappa shape index (κ3) is 3.15. The maximum absolute atomic E-state index is 11.6. The van der Waals surface area contributed by atoms with Crippen molar-refractivity contribution in [3.05, 3.63) is 0 Å². The van der Waals surface area contributed by atoms with E-state index in [0.29, 0.717) is 0 Å². The van der Waals surface area contributed by atoms with Gasteiger partial charge in [0, 0.05) is 6.04 Å². The van der Waals surface area contributed by atoms with Crippen molar-refractivity contribution in [1.29, 1.82) is 0 Å². The van der Waals surface area contributed by atoms with Gasteiger partial charge in [0.2, 0.25) is 0 Å². The van der Waals surface area contributed by atoms with Crippen LogP contribution in [0.15, 0.2) is 0 Å². The second-order valence-corrected chi connectivity index (χ2v) is 7.63. The molecule has 0 radical (unpaired) electrons. The van der Waals surface area contributed by atoms with Gasteiger partial charge in [0.25, 0.3) is 0 Å². The number of fused-ring (bicyclic) bond motifs is 1. The van der Waals surface area contributed by atoms with Crippen LogP contribution in [0.25, 0.3) is 0 Å². The second-order valence-electron chi connectivity index (χ2n) is 7.63. The van der Waals surface area contributed by atoms with Crippen molar-refractivity contribution < 1.29 is 39.6 Å². The Kier molecular flexibility index (Phi) is 6.08. The molecule has 3 unspecified atom stereocenters. The lowest BCUT2D eigenvalue weighted by Gasteiger charge is -2.46. The molecule has 1 saturated carbocycles. The van der Waals surface area contributed by atoms with E-state index in [1.165, 1.54) is 26.3 Å². The summed E-state index contributed by atoms with van der Waals surface area (Å²) in [6, 6.07) is 0.963. The highest BCUT2D eigenvalue weighted by Crippen LogP contribution is 2.54. The molecule has 0 aromatic carbocycles. The molecule has 1 aliphatic carbocycles. The topological polar surface area (TPSA) is 161 Å². The summed E-state index contributed by atoms with van der Waals surface area (Å²) < 4.78 is 0. The van der Waals surface area contributed by atoms with Gasteiger partial charge in [0.1, 0.15) is 0 Å². The lowest BCUT2D eigenvalue weighted by Crippen LogP contribution is -2.65. The average molecular weight is 373 g/mol. The molecule has 0 bridgehead atoms. The minimum absolute atomic E-state index is 0.363. The van der Waals surface area contributed by atoms with Gasteiger partial charge in [-0.05, 0) is 52.5 Å². The van der Waals surface area contributed by atoms with E-state index in [9.17, 15) is 39.6 Å². The first kappa shape index (κ1) is 21.9. The van der Waals surface area contributed by atoms with E-state index in [1.54, 1.807) is 0 Å². The van der Waals surface area contributed by atoms with Crippen LogP contribution < -0.4 is 5.32 Å². The number of hydrogen-bond acceptors (Lipinski definition) is 5. The summed E-state index contributed by atoms with van der Waals surface area (Å²) in [6.45, 7) is 5.31. The summed E-state index contributed by atoms with van der Waals surface area (Å²) in [6.07, 6.45) is 2.56. The van der Waals surface area contributed by atoms with E-state index >= 15 is 0 Å². The molecule has 5 N–H and O–H groups in total. The SMILES string of the molecule is C1CC2CC2N1.CCC(C)(C(=O)O)C(C(=O)O)(C(=O)O)C(C)(C)C(=O)O. The Morgan fingerprint density at radius 2 is 1.42 bits per heavy atom. The van der Waals surface area contributed by atoms with Gasteiger partial charge in [-0.1, -0.05) is 6.92 Å². The van der Waals surface area contributed by atoms with Crippen LogP contribution in [0.3, 0.4) is 0 Å². The fourth-order valence-electron chi connectivity index (χ4n) is 3.80. The van der Waals surface area contributed by atoms with E-state index in [1.807, 2.05) is 0 Å². The van der Waals surface area contributed by atoms with Crippen molar-refractivity contribution >= 4 is 23.9 Å². The van der Waals surface area contributed by atoms with Gasteiger partial charge in [-0.2, -0.15) is 0 Å². The van der Waals surface area contributed by atoms with Crippen molar-refractivity contribution in [3.8, 4) is 0 Å². The highest BCUT2D eigenvalue weighted by molar-refractivity contribution is 6.08. The molecular formula is C17H27NO8. The molecule has 0 spiro atoms. The summed E-state index contributed by atoms with van der Waals surface area (Å²) in [4.78, 5) is 46.0. The van der Waals surface area contributed by atoms with Crippen LogP contribution in [-0.4, -0.2) is 56.9 Å². The Morgan fingerprint density at radius 1 is 0.923 bits per heavy atom. The Balaban J connectivity index is 0.000000457. The van der Waals surface area contributed by atoms with E-state index in [0.717, 1.165) is 32.7 Å². The zero-order chi connectivity index (χ0) is 20.5. The third-order valence-electron chi connectivity index (χ3n) is 5.96. The van der Waals surface area contributed by atoms with Crippen LogP contribution in [0.1, 0.15) is 47.0 Å². The Labute approximate surface area is 151 Å². The Bertz CT molecular complexity index is 592. The molecular weight excluding hydrogens is 346 g/mol. The number of rotatable bonds is 7. The van der Waals surface area contributed by atoms with E-state index in [-0.39, 0.29) is 6.42 Å². The number of carbonyl (C=O) groups is 4. The molecule has 1 heterocycles. The van der Waals surface area contributed by atoms with Gasteiger partial charge in [-0.15, -0.1) is 0 Å². The zero-order valence-corrected chi connectivity index (χ0v) is 15.4. The van der Waals surface area contributed by atoms with Crippen LogP contribution in [0.2, 0.25) is 0 Å². The summed E-state index contributed by atoms with van der Waals surface area (Å²) in [7, 11) is 0. The molecule has 3 atom stereocenters. The number of piperidine rings is 1. The molecule has 1 aliphatic heterocycles. The van der Waals surface area contributed by atoms with Gasteiger partial charge < -0.3 is 25.7 Å². The minimum Gasteiger partial charge on any atom is -0.481 e. The summed E-state index contributed by atoms with van der Waals surface area (Å²) >= 11 is 0. The van der Waals surface area contributed by atoms with Crippen LogP contribution in [-0.2, 0) is 19.2 Å². The molecule has 1 saturated heterocycles. The summed E-state index contributed by atoms with van der Waals surface area (Å²) in [5.41, 5.74) is -7.66. The Hall–Kier alpha value is -2.16. The number of carboxylic acids is 4. The molecule has 0 aromatic heterocycles. The predicted molar refractivity (Wildman–Crippen MR) is 89.7 cm³/mol. The van der Waals surface area contributed by atoms with Crippen LogP contribution in [0.5, 0.6) is 0 Å². The molecule has 0 amide bonds. The molecule has 9 nitrogen and oxygen atoms in total. The van der Waals surface area contributed by atoms with Gasteiger partial charge in [0.05, 0.1) is 10.8 Å². The molecule has 2 aliphatic rings. The first-order valence-corrected chi connectivity index (χ1v) is 8.47. The van der Waals surface area contributed by atoms with Gasteiger partial charge in [-0.25, -0.2) is 0 Å². The quantitative estimate of drug-likeness (QED) is 0.412. The lowest BCUT2D eigenvalue weighted by molar-refractivity contribution is -0.204. The maximum atomic E-state index is 11.6. The zero-order valence-electron chi connectivity index (χ0n) is 15.4. The fraction of sp³-hybridized carbons (Fsp3) is 0.765. The first-order chi connectivity index (χ1) is 11.8. The van der Waals surface area contributed by atoms with Gasteiger partial charge in [-0.3, -0.25) is 19.2 Å². The monoisotopic (exact) mass is 373 g/mol. The lowest BCUT2D eigenvalue weighted by atomic mass is 9.51. The van der Waals surface area contributed by atoms with Crippen molar-refractivity contribution in [1.82, 2.24) is 5.32 Å².